The predicted molar refractivity (Wildman–Crippen MR) is 69.6 cm³/mol. The Hall–Kier alpha value is -1.59. The fraction of sp³-hybridized carbons (Fsp3) is 0.333. The molecule has 2 N–H and O–H groups in total. The van der Waals surface area contributed by atoms with Crippen LogP contribution in [0.15, 0.2) is 24.3 Å². The molecular weight excluding hydrogens is 256 g/mol. The second kappa shape index (κ2) is 7.68. The molecule has 0 atom stereocenters. The van der Waals surface area contributed by atoms with Crippen LogP contribution in [0.25, 0.3) is 0 Å². The quantitative estimate of drug-likeness (QED) is 0.768. The van der Waals surface area contributed by atoms with Gasteiger partial charge in [-0.25, -0.2) is 0 Å². The first-order valence-corrected chi connectivity index (χ1v) is 5.91. The Morgan fingerprint density at radius 2 is 2.11 bits per heavy atom. The van der Waals surface area contributed by atoms with Crippen molar-refractivity contribution in [3.8, 4) is 0 Å². The van der Waals surface area contributed by atoms with E-state index in [4.69, 9.17) is 16.3 Å². The van der Waals surface area contributed by atoms with Crippen LogP contribution >= 0.6 is 11.6 Å². The van der Waals surface area contributed by atoms with Crippen LogP contribution in [0.4, 0.5) is 5.69 Å². The first kappa shape index (κ1) is 14.5. The van der Waals surface area contributed by atoms with Crippen molar-refractivity contribution in [1.29, 1.82) is 0 Å². The summed E-state index contributed by atoms with van der Waals surface area (Å²) >= 11 is 5.78. The van der Waals surface area contributed by atoms with Gasteiger partial charge in [-0.2, -0.15) is 0 Å². The molecule has 1 rings (SSSR count). The van der Waals surface area contributed by atoms with Gasteiger partial charge in [0.25, 0.3) is 0 Å². The van der Waals surface area contributed by atoms with Crippen molar-refractivity contribution < 1.29 is 14.3 Å². The summed E-state index contributed by atoms with van der Waals surface area (Å²) in [6.45, 7) is 2.10. The van der Waals surface area contributed by atoms with Crippen LogP contribution < -0.4 is 10.6 Å². The van der Waals surface area contributed by atoms with E-state index in [1.807, 2.05) is 0 Å². The SMILES string of the molecule is CCOC(=O)CNCC(=O)Nc1cccc(Cl)c1. The molecule has 0 bridgehead atoms. The van der Waals surface area contributed by atoms with Crippen molar-refractivity contribution in [2.45, 2.75) is 6.92 Å². The van der Waals surface area contributed by atoms with Crippen molar-refractivity contribution in [2.24, 2.45) is 0 Å². The number of anilines is 1. The van der Waals surface area contributed by atoms with Gasteiger partial charge in [0.1, 0.15) is 0 Å². The van der Waals surface area contributed by atoms with E-state index in [9.17, 15) is 9.59 Å². The second-order valence-corrected chi connectivity index (χ2v) is 3.90. The van der Waals surface area contributed by atoms with E-state index in [1.54, 1.807) is 31.2 Å². The van der Waals surface area contributed by atoms with Gasteiger partial charge in [0, 0.05) is 10.7 Å². The van der Waals surface area contributed by atoms with Gasteiger partial charge in [-0.1, -0.05) is 17.7 Å². The van der Waals surface area contributed by atoms with E-state index in [0.29, 0.717) is 17.3 Å². The maximum Gasteiger partial charge on any atom is 0.319 e. The number of benzene rings is 1. The van der Waals surface area contributed by atoms with Crippen LogP contribution in [0, 0.1) is 0 Å². The maximum absolute atomic E-state index is 11.5. The lowest BCUT2D eigenvalue weighted by atomic mass is 10.3. The standard InChI is InChI=1S/C12H15ClN2O3/c1-2-18-12(17)8-14-7-11(16)15-10-5-3-4-9(13)6-10/h3-6,14H,2,7-8H2,1H3,(H,15,16). The van der Waals surface area contributed by atoms with Gasteiger partial charge in [0.2, 0.25) is 5.91 Å². The van der Waals surface area contributed by atoms with Gasteiger partial charge in [-0.15, -0.1) is 0 Å². The lowest BCUT2D eigenvalue weighted by Gasteiger charge is -2.06. The molecule has 98 valence electrons. The summed E-state index contributed by atoms with van der Waals surface area (Å²) in [6.07, 6.45) is 0. The minimum atomic E-state index is -0.381. The summed E-state index contributed by atoms with van der Waals surface area (Å²) in [5.41, 5.74) is 0.616. The second-order valence-electron chi connectivity index (χ2n) is 3.47. The molecule has 5 nitrogen and oxygen atoms in total. The molecule has 0 saturated carbocycles. The summed E-state index contributed by atoms with van der Waals surface area (Å²) in [5.74, 6) is -0.630. The number of nitrogens with one attached hydrogen (secondary N) is 2. The average molecular weight is 271 g/mol. The molecule has 0 aliphatic rings. The first-order chi connectivity index (χ1) is 8.61. The zero-order valence-electron chi connectivity index (χ0n) is 10.0. The van der Waals surface area contributed by atoms with Crippen LogP contribution in [0.1, 0.15) is 6.92 Å². The van der Waals surface area contributed by atoms with Crippen LogP contribution in [0.5, 0.6) is 0 Å². The van der Waals surface area contributed by atoms with E-state index in [-0.39, 0.29) is 25.0 Å². The van der Waals surface area contributed by atoms with Gasteiger partial charge < -0.3 is 10.1 Å². The maximum atomic E-state index is 11.5. The van der Waals surface area contributed by atoms with E-state index < -0.39 is 0 Å². The van der Waals surface area contributed by atoms with Crippen molar-refractivity contribution in [2.75, 3.05) is 25.0 Å². The predicted octanol–water partition coefficient (Wildman–Crippen LogP) is 1.43. The largest absolute Gasteiger partial charge is 0.465 e. The van der Waals surface area contributed by atoms with E-state index in [0.717, 1.165) is 0 Å². The number of amides is 1. The highest BCUT2D eigenvalue weighted by Crippen LogP contribution is 2.14. The summed E-state index contributed by atoms with van der Waals surface area (Å²) in [5, 5.41) is 5.88. The Morgan fingerprint density at radius 1 is 1.33 bits per heavy atom. The summed E-state index contributed by atoms with van der Waals surface area (Å²) in [4.78, 5) is 22.5. The van der Waals surface area contributed by atoms with Crippen molar-refractivity contribution in [3.63, 3.8) is 0 Å². The fourth-order valence-corrected chi connectivity index (χ4v) is 1.45. The molecule has 0 aromatic heterocycles. The molecule has 0 fully saturated rings. The van der Waals surface area contributed by atoms with Crippen LogP contribution in [-0.2, 0) is 14.3 Å². The highest BCUT2D eigenvalue weighted by atomic mass is 35.5. The van der Waals surface area contributed by atoms with Crippen molar-refractivity contribution in [1.82, 2.24) is 5.32 Å². The number of hydrogen-bond donors (Lipinski definition) is 2. The Bertz CT molecular complexity index is 424. The number of hydrogen-bond acceptors (Lipinski definition) is 4. The lowest BCUT2D eigenvalue weighted by molar-refractivity contribution is -0.141. The minimum absolute atomic E-state index is 0.0107. The normalized spacial score (nSPS) is 9.89. The van der Waals surface area contributed by atoms with Crippen LogP contribution in [0.3, 0.4) is 0 Å². The highest BCUT2D eigenvalue weighted by Gasteiger charge is 2.05. The third-order valence-corrected chi connectivity index (χ3v) is 2.20. The summed E-state index contributed by atoms with van der Waals surface area (Å²) in [6, 6.07) is 6.83. The van der Waals surface area contributed by atoms with E-state index >= 15 is 0 Å². The Morgan fingerprint density at radius 3 is 2.78 bits per heavy atom. The molecule has 1 aromatic rings. The van der Waals surface area contributed by atoms with E-state index in [2.05, 4.69) is 10.6 Å². The van der Waals surface area contributed by atoms with Gasteiger partial charge >= 0.3 is 5.97 Å². The smallest absolute Gasteiger partial charge is 0.319 e. The molecule has 0 saturated heterocycles. The molecule has 1 aromatic carbocycles. The van der Waals surface area contributed by atoms with Gasteiger partial charge in [-0.05, 0) is 25.1 Å². The molecule has 0 heterocycles. The average Bonchev–Trinajstić information content (AvgIpc) is 2.29. The number of halogens is 1. The molecule has 18 heavy (non-hydrogen) atoms. The zero-order chi connectivity index (χ0) is 13.4. The Kier molecular flexibility index (Phi) is 6.18. The fourth-order valence-electron chi connectivity index (χ4n) is 1.26. The molecule has 0 unspecified atom stereocenters. The van der Waals surface area contributed by atoms with Gasteiger partial charge in [0.15, 0.2) is 0 Å². The third-order valence-electron chi connectivity index (χ3n) is 1.97. The number of carbonyl (C=O) groups is 2. The summed E-state index contributed by atoms with van der Waals surface area (Å²) in [7, 11) is 0. The van der Waals surface area contributed by atoms with Crippen LogP contribution in [0.2, 0.25) is 5.02 Å². The van der Waals surface area contributed by atoms with E-state index in [1.165, 1.54) is 0 Å². The molecule has 0 spiro atoms. The number of esters is 1. The monoisotopic (exact) mass is 270 g/mol. The Labute approximate surface area is 110 Å². The molecule has 0 aliphatic heterocycles. The number of carbonyl (C=O) groups excluding carboxylic acids is 2. The Balaban J connectivity index is 2.28. The topological polar surface area (TPSA) is 67.4 Å². The van der Waals surface area contributed by atoms with Crippen molar-refractivity contribution in [3.05, 3.63) is 29.3 Å². The van der Waals surface area contributed by atoms with Crippen molar-refractivity contribution >= 4 is 29.2 Å². The molecule has 0 radical (unpaired) electrons. The highest BCUT2D eigenvalue weighted by molar-refractivity contribution is 6.30. The molecule has 0 aliphatic carbocycles. The number of rotatable bonds is 6. The zero-order valence-corrected chi connectivity index (χ0v) is 10.8. The van der Waals surface area contributed by atoms with Gasteiger partial charge in [0.05, 0.1) is 19.7 Å². The summed E-state index contributed by atoms with van der Waals surface area (Å²) < 4.78 is 4.71. The van der Waals surface area contributed by atoms with Crippen LogP contribution in [-0.4, -0.2) is 31.6 Å². The molecular formula is C12H15ClN2O3. The molecule has 1 amide bonds. The molecule has 6 heteroatoms. The minimum Gasteiger partial charge on any atom is -0.465 e. The number of ether oxygens (including phenoxy) is 1. The van der Waals surface area contributed by atoms with Gasteiger partial charge in [-0.3, -0.25) is 14.9 Å². The first-order valence-electron chi connectivity index (χ1n) is 5.53. The lowest BCUT2D eigenvalue weighted by Crippen LogP contribution is -2.32. The third kappa shape index (κ3) is 5.65.